The van der Waals surface area contributed by atoms with E-state index in [1.54, 1.807) is 0 Å². The summed E-state index contributed by atoms with van der Waals surface area (Å²) >= 11 is 3.61. The van der Waals surface area contributed by atoms with Crippen molar-refractivity contribution in [2.45, 2.75) is 0 Å². The molecule has 2 N–H and O–H groups in total. The fourth-order valence-electron chi connectivity index (χ4n) is 13.3. The summed E-state index contributed by atoms with van der Waals surface area (Å²) in [7, 11) is 0. The SMILES string of the molecule is Brc1cc(-c2ccccc2)cc(-c2ccccc2)c1.[OH-].c1ccc(-c2cc(-c3ccccc3)cc(-n3c4c(c5cccc(-c6ccccc6)c53)-c3ccccc3Oc3ccccc3-4)c2)cc1.c1ccc(-c2cccc3c4c([nH]c23)-c2ccccc2Oc2ccccc2-4)cc1. The van der Waals surface area contributed by atoms with E-state index in [2.05, 4.69) is 341 Å². The van der Waals surface area contributed by atoms with Crippen molar-refractivity contribution in [1.29, 1.82) is 0 Å². The van der Waals surface area contributed by atoms with Gasteiger partial charge in [-0.1, -0.05) is 295 Å². The van der Waals surface area contributed by atoms with E-state index in [9.17, 15) is 0 Å². The number of fused-ring (bicyclic) bond motifs is 14. The summed E-state index contributed by atoms with van der Waals surface area (Å²) in [6.45, 7) is 0. The van der Waals surface area contributed by atoms with Crippen LogP contribution in [0, 0.1) is 0 Å². The van der Waals surface area contributed by atoms with Crippen molar-refractivity contribution in [1.82, 2.24) is 9.55 Å². The van der Waals surface area contributed by atoms with Crippen molar-refractivity contribution in [3.05, 3.63) is 356 Å². The van der Waals surface area contributed by atoms with Gasteiger partial charge in [-0.15, -0.1) is 0 Å². The van der Waals surface area contributed by atoms with Crippen LogP contribution in [0.4, 0.5) is 0 Å². The molecule has 0 bridgehead atoms. The standard InChI is InChI=1S/C44H29NO.C26H17NO.C18H13Br.H2O/c1-4-15-30(16-5-1)33-27-34(31-17-6-2-7-18-31)29-35(28-33)45-43-36(32-19-8-3-9-20-32)23-14-24-39(43)42-37-21-10-12-25-40(37)46-41-26-13-11-22-38(41)44(42)45;1-2-9-17(10-3-1)18-13-8-14-21-24-19-11-4-6-15-22(19)28-23-16-7-5-12-20(23)26(24)27-25(18)21;19-18-12-16(14-7-3-1-4-8-14)11-17(13-18)15-9-5-2-6-10-15;/h1-29H;1-16,27H;1-13H;1H2/p-1. The van der Waals surface area contributed by atoms with Gasteiger partial charge >= 0.3 is 0 Å². The highest BCUT2D eigenvalue weighted by molar-refractivity contribution is 9.10. The predicted octanol–water partition coefficient (Wildman–Crippen LogP) is 25.0. The first-order valence-corrected chi connectivity index (χ1v) is 32.2. The highest BCUT2D eigenvalue weighted by Crippen LogP contribution is 2.54. The second-order valence-corrected chi connectivity index (χ2v) is 24.2. The second kappa shape index (κ2) is 25.8. The highest BCUT2D eigenvalue weighted by atomic mass is 79.9. The number of aromatic amines is 1. The number of para-hydroxylation sites is 6. The van der Waals surface area contributed by atoms with Crippen LogP contribution in [0.5, 0.6) is 23.0 Å². The fourth-order valence-corrected chi connectivity index (χ4v) is 13.8. The van der Waals surface area contributed by atoms with Gasteiger partial charge in [-0.3, -0.25) is 0 Å². The summed E-state index contributed by atoms with van der Waals surface area (Å²) in [4.78, 5) is 3.74. The van der Waals surface area contributed by atoms with E-state index in [0.29, 0.717) is 0 Å². The van der Waals surface area contributed by atoms with E-state index >= 15 is 0 Å². The summed E-state index contributed by atoms with van der Waals surface area (Å²) in [6.07, 6.45) is 0. The average Bonchev–Trinajstić information content (AvgIpc) is 1.58. The molecule has 16 aromatic rings. The largest absolute Gasteiger partial charge is 0.870 e. The molecule has 0 fully saturated rings. The molecule has 0 saturated heterocycles. The van der Waals surface area contributed by atoms with Crippen LogP contribution in [0.3, 0.4) is 0 Å². The van der Waals surface area contributed by atoms with Gasteiger partial charge in [0.25, 0.3) is 0 Å². The molecule has 2 aromatic heterocycles. The molecule has 18 rings (SSSR count). The normalized spacial score (nSPS) is 11.3. The molecule has 14 aromatic carbocycles. The Kier molecular flexibility index (Phi) is 16.1. The number of hydrogen-bond donors (Lipinski definition) is 1. The zero-order chi connectivity index (χ0) is 62.0. The molecule has 2 aliphatic rings. The molecular weight excluding hydrogens is 1210 g/mol. The highest BCUT2D eigenvalue weighted by Gasteiger charge is 2.31. The number of nitrogens with zero attached hydrogens (tertiary/aromatic N) is 1. The van der Waals surface area contributed by atoms with Crippen molar-refractivity contribution in [2.24, 2.45) is 0 Å². The van der Waals surface area contributed by atoms with Crippen molar-refractivity contribution >= 4 is 37.7 Å². The molecule has 448 valence electrons. The molecule has 0 unspecified atom stereocenters. The van der Waals surface area contributed by atoms with Crippen LogP contribution in [0.1, 0.15) is 0 Å². The molecule has 0 atom stereocenters. The van der Waals surface area contributed by atoms with E-state index in [0.717, 1.165) is 72.3 Å². The van der Waals surface area contributed by atoms with E-state index in [1.807, 2.05) is 36.4 Å². The maximum absolute atomic E-state index is 6.67. The van der Waals surface area contributed by atoms with Crippen LogP contribution in [-0.4, -0.2) is 15.0 Å². The van der Waals surface area contributed by atoms with Crippen LogP contribution in [0.25, 0.3) is 139 Å². The van der Waals surface area contributed by atoms with Gasteiger partial charge in [-0.05, 0) is 128 Å². The maximum atomic E-state index is 6.67. The first kappa shape index (κ1) is 58.6. The Morgan fingerprint density at radius 2 is 0.606 bits per heavy atom. The van der Waals surface area contributed by atoms with Crippen molar-refractivity contribution in [3.63, 3.8) is 0 Å². The van der Waals surface area contributed by atoms with Crippen LogP contribution in [0.2, 0.25) is 0 Å². The lowest BCUT2D eigenvalue weighted by Crippen LogP contribution is -2.00. The molecule has 94 heavy (non-hydrogen) atoms. The van der Waals surface area contributed by atoms with Crippen LogP contribution < -0.4 is 9.47 Å². The number of benzene rings is 14. The Morgan fingerprint density at radius 1 is 0.266 bits per heavy atom. The lowest BCUT2D eigenvalue weighted by atomic mass is 9.96. The minimum absolute atomic E-state index is 0. The topological polar surface area (TPSA) is 69.2 Å². The number of ether oxygens (including phenoxy) is 2. The predicted molar refractivity (Wildman–Crippen MR) is 392 cm³/mol. The first-order chi connectivity index (χ1) is 46.1. The smallest absolute Gasteiger partial charge is 0.136 e. The molecule has 5 nitrogen and oxygen atoms in total. The Morgan fingerprint density at radius 3 is 1.09 bits per heavy atom. The quantitative estimate of drug-likeness (QED) is 0.173. The third kappa shape index (κ3) is 11.2. The number of halogens is 1. The van der Waals surface area contributed by atoms with Crippen molar-refractivity contribution < 1.29 is 14.9 Å². The lowest BCUT2D eigenvalue weighted by Gasteiger charge is -2.18. The zero-order valence-corrected chi connectivity index (χ0v) is 52.7. The average molecular weight is 1270 g/mol. The maximum Gasteiger partial charge on any atom is 0.136 e. The number of H-pyrrole nitrogens is 1. The van der Waals surface area contributed by atoms with Crippen molar-refractivity contribution in [2.75, 3.05) is 0 Å². The third-order valence-electron chi connectivity index (χ3n) is 17.5. The number of rotatable bonds is 7. The Hall–Kier alpha value is -11.8. The van der Waals surface area contributed by atoms with Crippen LogP contribution in [-0.2, 0) is 0 Å². The van der Waals surface area contributed by atoms with E-state index < -0.39 is 0 Å². The van der Waals surface area contributed by atoms with Gasteiger partial charge < -0.3 is 24.5 Å². The molecule has 0 radical (unpaired) electrons. The van der Waals surface area contributed by atoms with E-state index in [4.69, 9.17) is 9.47 Å². The molecular formula is C88H60BrN2O3-. The zero-order valence-electron chi connectivity index (χ0n) is 51.1. The summed E-state index contributed by atoms with van der Waals surface area (Å²) in [6, 6.07) is 124. The minimum Gasteiger partial charge on any atom is -0.870 e. The Labute approximate surface area is 555 Å². The molecule has 0 amide bonds. The molecule has 4 heterocycles. The van der Waals surface area contributed by atoms with Gasteiger partial charge in [0.2, 0.25) is 0 Å². The Bertz CT molecular complexity index is 5260. The second-order valence-electron chi connectivity index (χ2n) is 23.2. The fraction of sp³-hybridized carbons (Fsp3) is 0. The summed E-state index contributed by atoms with van der Waals surface area (Å²) < 4.78 is 16.5. The van der Waals surface area contributed by atoms with Crippen molar-refractivity contribution in [3.8, 4) is 140 Å². The van der Waals surface area contributed by atoms with E-state index in [1.165, 1.54) is 94.2 Å². The molecule has 0 aliphatic carbocycles. The molecule has 0 spiro atoms. The lowest BCUT2D eigenvalue weighted by molar-refractivity contribution is 0.487. The Balaban J connectivity index is 0.000000129. The van der Waals surface area contributed by atoms with Gasteiger partial charge in [-0.25, -0.2) is 0 Å². The third-order valence-corrected chi connectivity index (χ3v) is 18.0. The molecule has 2 aliphatic heterocycles. The molecule has 6 heteroatoms. The molecule has 0 saturated carbocycles. The van der Waals surface area contributed by atoms with Gasteiger partial charge in [0.05, 0.1) is 22.4 Å². The van der Waals surface area contributed by atoms with Gasteiger partial charge in [0.1, 0.15) is 23.0 Å². The number of nitrogens with one attached hydrogen (secondary N) is 1. The number of aromatic nitrogens is 2. The first-order valence-electron chi connectivity index (χ1n) is 31.4. The number of hydrogen-bond acceptors (Lipinski definition) is 3. The van der Waals surface area contributed by atoms with Crippen LogP contribution >= 0.6 is 15.9 Å². The van der Waals surface area contributed by atoms with Crippen LogP contribution in [0.15, 0.2) is 356 Å². The van der Waals surface area contributed by atoms with E-state index in [-0.39, 0.29) is 5.48 Å². The van der Waals surface area contributed by atoms with Gasteiger partial charge in [0.15, 0.2) is 0 Å². The minimum atomic E-state index is 0. The summed E-state index contributed by atoms with van der Waals surface area (Å²) in [5.74, 6) is 3.48. The summed E-state index contributed by atoms with van der Waals surface area (Å²) in [5, 5.41) is 2.40. The summed E-state index contributed by atoms with van der Waals surface area (Å²) in [5.41, 5.74) is 26.8. The monoisotopic (exact) mass is 1270 g/mol. The van der Waals surface area contributed by atoms with Gasteiger partial charge in [0, 0.05) is 65.4 Å². The van der Waals surface area contributed by atoms with Gasteiger partial charge in [-0.2, -0.15) is 0 Å².